The summed E-state index contributed by atoms with van der Waals surface area (Å²) in [5.74, 6) is 0.870. The number of benzene rings is 1. The van der Waals surface area contributed by atoms with Gasteiger partial charge in [0.15, 0.2) is 0 Å². The van der Waals surface area contributed by atoms with Crippen LogP contribution in [0.3, 0.4) is 0 Å². The Balaban J connectivity index is 1.74. The predicted molar refractivity (Wildman–Crippen MR) is 373 cm³/mol. The van der Waals surface area contributed by atoms with Crippen molar-refractivity contribution in [2.24, 2.45) is 0 Å². The second-order valence-corrected chi connectivity index (χ2v) is 28.6. The molecular weight excluding hydrogens is 1050 g/mol. The second kappa shape index (κ2) is 51.2. The number of ether oxygens (including phenoxy) is 1. The topological polar surface area (TPSA) is 49.7 Å². The summed E-state index contributed by atoms with van der Waals surface area (Å²) in [4.78, 5) is 2.36. The Morgan fingerprint density at radius 2 is 0.530 bits per heavy atom. The fourth-order valence-corrected chi connectivity index (χ4v) is 15.7. The van der Waals surface area contributed by atoms with Crippen molar-refractivity contribution in [3.63, 3.8) is 0 Å². The molecule has 5 heteroatoms. The molecule has 3 rings (SSSR count). The number of aliphatic hydroxyl groups is 2. The van der Waals surface area contributed by atoms with Crippen molar-refractivity contribution in [3.8, 4) is 26.6 Å². The predicted octanol–water partition coefficient (Wildman–Crippen LogP) is 27.8. The quantitative estimate of drug-likeness (QED) is 0.0554. The first-order valence-corrected chi connectivity index (χ1v) is 38.8. The first-order valence-electron chi connectivity index (χ1n) is 37.1. The van der Waals surface area contributed by atoms with Crippen LogP contribution in [0.1, 0.15) is 404 Å². The lowest BCUT2D eigenvalue weighted by Crippen LogP contribution is -2.26. The van der Waals surface area contributed by atoms with Crippen molar-refractivity contribution in [2.75, 3.05) is 7.11 Å². The van der Waals surface area contributed by atoms with Gasteiger partial charge in [0.2, 0.25) is 0 Å². The molecule has 0 saturated carbocycles. The number of hydrogen-bond acceptors (Lipinski definition) is 5. The maximum Gasteiger partial charge on any atom is 0.128 e. The highest BCUT2D eigenvalue weighted by molar-refractivity contribution is 7.14. The summed E-state index contributed by atoms with van der Waals surface area (Å²) >= 11 is 3.56. The van der Waals surface area contributed by atoms with E-state index >= 15 is 0 Å². The van der Waals surface area contributed by atoms with Crippen LogP contribution in [0.5, 0.6) is 5.75 Å². The minimum atomic E-state index is -0.860. The zero-order valence-corrected chi connectivity index (χ0v) is 57.8. The molecule has 2 heterocycles. The molecule has 2 aromatic heterocycles. The number of hydrogen-bond donors (Lipinski definition) is 2. The molecule has 0 aliphatic rings. The lowest BCUT2D eigenvalue weighted by molar-refractivity contribution is 0.0137. The minimum Gasteiger partial charge on any atom is -0.496 e. The lowest BCUT2D eigenvalue weighted by Gasteiger charge is -2.31. The van der Waals surface area contributed by atoms with E-state index in [1.54, 1.807) is 22.7 Å². The van der Waals surface area contributed by atoms with Gasteiger partial charge in [-0.25, -0.2) is 0 Å². The third-order valence-corrected chi connectivity index (χ3v) is 21.0. The van der Waals surface area contributed by atoms with Gasteiger partial charge in [0, 0.05) is 26.4 Å². The molecule has 0 spiro atoms. The zero-order chi connectivity index (χ0) is 59.6. The monoisotopic (exact) mass is 1190 g/mol. The number of rotatable bonds is 61. The van der Waals surface area contributed by atoms with Gasteiger partial charge in [-0.1, -0.05) is 362 Å². The lowest BCUT2D eigenvalue weighted by atomic mass is 9.81. The van der Waals surface area contributed by atoms with Gasteiger partial charge in [-0.2, -0.15) is 0 Å². The zero-order valence-electron chi connectivity index (χ0n) is 56.2. The van der Waals surface area contributed by atoms with E-state index in [2.05, 4.69) is 69.6 Å². The molecule has 1 aromatic carbocycles. The van der Waals surface area contributed by atoms with Crippen LogP contribution < -0.4 is 4.74 Å². The normalized spacial score (nSPS) is 12.1. The summed E-state index contributed by atoms with van der Waals surface area (Å²) in [5, 5.41) is 30.6. The van der Waals surface area contributed by atoms with Crippen LogP contribution in [0.4, 0.5) is 0 Å². The van der Waals surface area contributed by atoms with Gasteiger partial charge >= 0.3 is 0 Å². The Hall–Kier alpha value is -1.66. The van der Waals surface area contributed by atoms with Gasteiger partial charge in [0.1, 0.15) is 5.75 Å². The van der Waals surface area contributed by atoms with Crippen molar-refractivity contribution in [2.45, 2.75) is 405 Å². The van der Waals surface area contributed by atoms with Crippen LogP contribution in [-0.2, 0) is 11.2 Å². The Bertz CT molecular complexity index is 1830. The third kappa shape index (κ3) is 34.0. The van der Waals surface area contributed by atoms with Crippen LogP contribution in [0.15, 0.2) is 35.0 Å². The SMILES string of the molecule is CCCCCCCCCCCCCCCC(O)(CCCCCCCCCCCCCCC)c1ccsc1-c1cc(OC)c(-c2sccc2C(O)(CCCCCCCCCCCCCCC)CCCCCCCCCCCCCCC)cc1C. The number of aryl methyl sites for hydroxylation is 1. The summed E-state index contributed by atoms with van der Waals surface area (Å²) < 4.78 is 6.39. The van der Waals surface area contributed by atoms with Crippen LogP contribution in [0.2, 0.25) is 0 Å². The Morgan fingerprint density at radius 3 is 0.759 bits per heavy atom. The van der Waals surface area contributed by atoms with Crippen molar-refractivity contribution >= 4 is 22.7 Å². The van der Waals surface area contributed by atoms with E-state index in [0.29, 0.717) is 0 Å². The molecule has 0 fully saturated rings. The minimum absolute atomic E-state index is 0.821. The molecule has 0 amide bonds. The third-order valence-electron chi connectivity index (χ3n) is 19.1. The first-order chi connectivity index (χ1) is 40.8. The van der Waals surface area contributed by atoms with E-state index in [0.717, 1.165) is 78.7 Å². The van der Waals surface area contributed by atoms with Crippen LogP contribution >= 0.6 is 22.7 Å². The molecule has 0 unspecified atom stereocenters. The smallest absolute Gasteiger partial charge is 0.128 e. The number of unbranched alkanes of at least 4 members (excludes halogenated alkanes) is 48. The van der Waals surface area contributed by atoms with Gasteiger partial charge in [-0.3, -0.25) is 0 Å². The highest BCUT2D eigenvalue weighted by atomic mass is 32.1. The first kappa shape index (κ1) is 75.6. The van der Waals surface area contributed by atoms with Gasteiger partial charge in [0.25, 0.3) is 0 Å². The maximum atomic E-state index is 13.1. The molecule has 0 aliphatic heterocycles. The molecule has 0 saturated heterocycles. The fourth-order valence-electron chi connectivity index (χ4n) is 13.6. The van der Waals surface area contributed by atoms with E-state index in [-0.39, 0.29) is 0 Å². The number of thiophene rings is 2. The van der Waals surface area contributed by atoms with Gasteiger partial charge in [0.05, 0.1) is 18.3 Å². The Labute approximate surface area is 525 Å². The highest BCUT2D eigenvalue weighted by Crippen LogP contribution is 2.49. The Kier molecular flexibility index (Phi) is 46.7. The van der Waals surface area contributed by atoms with E-state index in [1.807, 2.05) is 7.11 Å². The molecule has 0 aliphatic carbocycles. The second-order valence-electron chi connectivity index (χ2n) is 26.7. The van der Waals surface area contributed by atoms with E-state index in [9.17, 15) is 10.2 Å². The van der Waals surface area contributed by atoms with Crippen LogP contribution in [0, 0.1) is 6.92 Å². The van der Waals surface area contributed by atoms with E-state index < -0.39 is 11.2 Å². The van der Waals surface area contributed by atoms with Gasteiger partial charge in [-0.05, 0) is 78.8 Å². The number of methoxy groups -OCH3 is 1. The largest absolute Gasteiger partial charge is 0.496 e. The molecule has 480 valence electrons. The Morgan fingerprint density at radius 1 is 0.313 bits per heavy atom. The van der Waals surface area contributed by atoms with Crippen LogP contribution in [0.25, 0.3) is 20.9 Å². The summed E-state index contributed by atoms with van der Waals surface area (Å²) in [6, 6.07) is 9.13. The summed E-state index contributed by atoms with van der Waals surface area (Å²) in [5.41, 5.74) is 4.01. The van der Waals surface area contributed by atoms with Gasteiger partial charge in [-0.15, -0.1) is 22.7 Å². The average molecular weight is 1190 g/mol. The van der Waals surface area contributed by atoms with Crippen molar-refractivity contribution in [1.29, 1.82) is 0 Å². The van der Waals surface area contributed by atoms with Crippen LogP contribution in [-0.4, -0.2) is 17.3 Å². The van der Waals surface area contributed by atoms with Crippen molar-refractivity contribution < 1.29 is 14.9 Å². The van der Waals surface area contributed by atoms with E-state index in [1.165, 1.54) is 324 Å². The molecule has 3 aromatic rings. The fraction of sp³-hybridized carbons (Fsp3) is 0.821. The molecule has 2 N–H and O–H groups in total. The molecular formula is C78H138O3S2. The summed E-state index contributed by atoms with van der Waals surface area (Å²) in [6.07, 6.45) is 72.8. The summed E-state index contributed by atoms with van der Waals surface area (Å²) in [6.45, 7) is 11.5. The standard InChI is InChI=1S/C78H138O3S2/c1-7-11-15-19-23-27-31-35-39-43-47-51-55-61-77(79,62-56-52-48-44-40-36-32-28-24-20-16-12-8-2)72-59-65-82-75(72)70-68-74(81-6)71(67-69(70)5)76-73(60-66-83-76)78(80,63-57-53-49-45-41-37-33-29-25-21-17-13-9-3)64-58-54-50-46-42-38-34-30-26-22-18-14-10-4/h59-60,65-68,79-80H,7-58,61-64H2,1-6H3. The molecule has 0 radical (unpaired) electrons. The molecule has 0 bridgehead atoms. The van der Waals surface area contributed by atoms with Crippen molar-refractivity contribution in [3.05, 3.63) is 51.7 Å². The maximum absolute atomic E-state index is 13.1. The molecule has 0 atom stereocenters. The average Bonchev–Trinajstić information content (AvgIpc) is 4.21. The summed E-state index contributed by atoms with van der Waals surface area (Å²) in [7, 11) is 1.83. The molecule has 3 nitrogen and oxygen atoms in total. The van der Waals surface area contributed by atoms with Crippen molar-refractivity contribution in [1.82, 2.24) is 0 Å². The highest BCUT2D eigenvalue weighted by Gasteiger charge is 2.35. The van der Waals surface area contributed by atoms with Gasteiger partial charge < -0.3 is 14.9 Å². The molecule has 83 heavy (non-hydrogen) atoms. The van der Waals surface area contributed by atoms with E-state index in [4.69, 9.17) is 4.74 Å².